The zero-order chi connectivity index (χ0) is 47.5. The number of fused-ring (bicyclic) bond motifs is 9. The van der Waals surface area contributed by atoms with Gasteiger partial charge in [-0.05, 0) is 181 Å². The normalized spacial score (nSPS) is 15.4. The van der Waals surface area contributed by atoms with Crippen LogP contribution in [0, 0.1) is 0 Å². The van der Waals surface area contributed by atoms with E-state index < -0.39 is 0 Å². The number of hydrogen-bond acceptors (Lipinski definition) is 1. The fourth-order valence-corrected chi connectivity index (χ4v) is 13.2. The van der Waals surface area contributed by atoms with Gasteiger partial charge in [-0.15, -0.1) is 0 Å². The van der Waals surface area contributed by atoms with Crippen LogP contribution in [0.25, 0.3) is 56.2 Å². The zero-order valence-electron chi connectivity index (χ0n) is 40.7. The Morgan fingerprint density at radius 1 is 0.408 bits per heavy atom. The highest BCUT2D eigenvalue weighted by molar-refractivity contribution is 5.94. The number of benzene rings is 9. The van der Waals surface area contributed by atoms with Crippen LogP contribution in [0.4, 0.5) is 17.1 Å². The van der Waals surface area contributed by atoms with Crippen molar-refractivity contribution in [2.24, 2.45) is 0 Å². The third-order valence-electron chi connectivity index (χ3n) is 16.7. The molecule has 0 fully saturated rings. The van der Waals surface area contributed by atoms with E-state index in [0.717, 1.165) is 49.9 Å². The minimum atomic E-state index is -0.0688. The number of hydrogen-bond donors (Lipinski definition) is 0. The molecule has 0 aliphatic heterocycles. The van der Waals surface area contributed by atoms with Crippen LogP contribution >= 0.6 is 0 Å². The van der Waals surface area contributed by atoms with E-state index in [0.29, 0.717) is 0 Å². The Morgan fingerprint density at radius 3 is 1.65 bits per heavy atom. The molecule has 1 nitrogen and oxygen atoms in total. The molecule has 9 aromatic carbocycles. The average Bonchev–Trinajstić information content (AvgIpc) is 4.07. The van der Waals surface area contributed by atoms with Crippen molar-refractivity contribution < 1.29 is 0 Å². The van der Waals surface area contributed by atoms with Crippen molar-refractivity contribution in [3.63, 3.8) is 0 Å². The lowest BCUT2D eigenvalue weighted by Crippen LogP contribution is -2.25. The van der Waals surface area contributed by atoms with E-state index in [-0.39, 0.29) is 10.8 Å². The summed E-state index contributed by atoms with van der Waals surface area (Å²) in [7, 11) is 0. The van der Waals surface area contributed by atoms with Gasteiger partial charge in [0.05, 0.1) is 0 Å². The molecule has 4 aliphatic carbocycles. The first kappa shape index (κ1) is 43.1. The van der Waals surface area contributed by atoms with Crippen LogP contribution in [-0.4, -0.2) is 0 Å². The molecule has 0 N–H and O–H groups in total. The van der Waals surface area contributed by atoms with Crippen molar-refractivity contribution in [1.82, 2.24) is 0 Å². The Hall–Kier alpha value is -8.00. The number of rotatable bonds is 10. The molecule has 4 aliphatic rings. The van der Waals surface area contributed by atoms with Gasteiger partial charge in [-0.3, -0.25) is 0 Å². The number of nitrogens with zero attached hydrogens (tertiary/aromatic N) is 1. The van der Waals surface area contributed by atoms with Crippen molar-refractivity contribution in [2.45, 2.75) is 63.2 Å². The maximum Gasteiger partial charge on any atom is 0.0465 e. The molecule has 0 aromatic heterocycles. The molecule has 0 amide bonds. The molecule has 0 unspecified atom stereocenters. The average molecular weight is 912 g/mol. The van der Waals surface area contributed by atoms with Crippen LogP contribution < -0.4 is 4.90 Å². The van der Waals surface area contributed by atoms with Crippen LogP contribution in [0.5, 0.6) is 0 Å². The van der Waals surface area contributed by atoms with Crippen molar-refractivity contribution in [2.75, 3.05) is 4.90 Å². The van der Waals surface area contributed by atoms with Gasteiger partial charge < -0.3 is 4.90 Å². The van der Waals surface area contributed by atoms with E-state index >= 15 is 0 Å². The molecular formula is C70H57N. The first-order chi connectivity index (χ1) is 35.0. The lowest BCUT2D eigenvalue weighted by molar-refractivity contribution is 0.490. The molecule has 9 aromatic rings. The van der Waals surface area contributed by atoms with E-state index in [4.69, 9.17) is 0 Å². The number of para-hydroxylation sites is 2. The fourth-order valence-electron chi connectivity index (χ4n) is 13.2. The molecule has 1 spiro atoms. The summed E-state index contributed by atoms with van der Waals surface area (Å²) < 4.78 is 0. The Kier molecular flexibility index (Phi) is 10.6. The molecule has 0 atom stereocenters. The molecule has 0 saturated carbocycles. The Balaban J connectivity index is 0.839. The topological polar surface area (TPSA) is 3.24 Å². The minimum Gasteiger partial charge on any atom is -0.310 e. The van der Waals surface area contributed by atoms with Crippen LogP contribution in [0.15, 0.2) is 236 Å². The highest BCUT2D eigenvalue weighted by atomic mass is 15.1. The van der Waals surface area contributed by atoms with Crippen molar-refractivity contribution in [3.05, 3.63) is 281 Å². The summed E-state index contributed by atoms with van der Waals surface area (Å²) in [5.74, 6) is 0. The summed E-state index contributed by atoms with van der Waals surface area (Å²) in [6.45, 7) is 4.74. The maximum absolute atomic E-state index is 2.56. The monoisotopic (exact) mass is 911 g/mol. The lowest BCUT2D eigenvalue weighted by Gasteiger charge is -2.32. The molecule has 1 heteroatoms. The Labute approximate surface area is 419 Å². The van der Waals surface area contributed by atoms with Gasteiger partial charge in [-0.25, -0.2) is 0 Å². The van der Waals surface area contributed by atoms with Crippen molar-refractivity contribution in [1.29, 1.82) is 0 Å². The van der Waals surface area contributed by atoms with Gasteiger partial charge in [-0.1, -0.05) is 208 Å². The third kappa shape index (κ3) is 7.04. The van der Waals surface area contributed by atoms with Gasteiger partial charge in [0, 0.05) is 27.9 Å². The second-order valence-electron chi connectivity index (χ2n) is 20.2. The highest BCUT2D eigenvalue weighted by Gasteiger charge is 2.47. The van der Waals surface area contributed by atoms with Gasteiger partial charge in [0.15, 0.2) is 0 Å². The van der Waals surface area contributed by atoms with E-state index in [1.54, 1.807) is 0 Å². The van der Waals surface area contributed by atoms with Crippen LogP contribution in [-0.2, 0) is 23.7 Å². The maximum atomic E-state index is 2.56. The predicted octanol–water partition coefficient (Wildman–Crippen LogP) is 18.5. The molecule has 0 radical (unpaired) electrons. The van der Waals surface area contributed by atoms with Crippen LogP contribution in [0.3, 0.4) is 0 Å². The Bertz CT molecular complexity index is 3540. The van der Waals surface area contributed by atoms with E-state index in [9.17, 15) is 0 Å². The smallest absolute Gasteiger partial charge is 0.0465 e. The molecule has 342 valence electrons. The van der Waals surface area contributed by atoms with Gasteiger partial charge >= 0.3 is 0 Å². The van der Waals surface area contributed by atoms with E-state index in [1.165, 1.54) is 106 Å². The molecule has 0 heterocycles. The molecule has 71 heavy (non-hydrogen) atoms. The molecular weight excluding hydrogens is 855 g/mol. The van der Waals surface area contributed by atoms with Gasteiger partial charge in [0.25, 0.3) is 0 Å². The Morgan fingerprint density at radius 2 is 0.972 bits per heavy atom. The highest BCUT2D eigenvalue weighted by Crippen LogP contribution is 2.57. The van der Waals surface area contributed by atoms with Gasteiger partial charge in [0.1, 0.15) is 0 Å². The summed E-state index contributed by atoms with van der Waals surface area (Å²) in [6.07, 6.45) is 15.6. The summed E-state index contributed by atoms with van der Waals surface area (Å²) in [5.41, 5.74) is 28.2. The zero-order valence-corrected chi connectivity index (χ0v) is 40.7. The SMILES string of the molecule is CCC1(CC)c2cc(/C=C/C3=CC=C(c4c(-c5ccccc5)cccc4-c4ccc5c(c4)C4(Cc6ccccc6C4)c4ccccc4-5)CC3)ccc2-c2ccc(N(c3ccccc3)c3ccccc3)cc21. The summed E-state index contributed by atoms with van der Waals surface area (Å²) in [6, 6.07) is 79.5. The number of anilines is 3. The van der Waals surface area contributed by atoms with Crippen LogP contribution in [0.2, 0.25) is 0 Å². The molecule has 0 saturated heterocycles. The number of allylic oxidation sites excluding steroid dienone is 5. The quantitative estimate of drug-likeness (QED) is 0.132. The van der Waals surface area contributed by atoms with Gasteiger partial charge in [0.2, 0.25) is 0 Å². The summed E-state index contributed by atoms with van der Waals surface area (Å²) in [5, 5.41) is 0. The predicted molar refractivity (Wildman–Crippen MR) is 300 cm³/mol. The summed E-state index contributed by atoms with van der Waals surface area (Å²) in [4.78, 5) is 2.39. The fraction of sp³-hybridized carbons (Fsp3) is 0.143. The largest absolute Gasteiger partial charge is 0.310 e. The lowest BCUT2D eigenvalue weighted by atomic mass is 9.73. The molecule has 0 bridgehead atoms. The first-order valence-corrected chi connectivity index (χ1v) is 25.8. The minimum absolute atomic E-state index is 0.0508. The van der Waals surface area contributed by atoms with Crippen molar-refractivity contribution in [3.8, 4) is 44.5 Å². The second-order valence-corrected chi connectivity index (χ2v) is 20.2. The first-order valence-electron chi connectivity index (χ1n) is 25.8. The second kappa shape index (κ2) is 17.4. The van der Waals surface area contributed by atoms with E-state index in [2.05, 4.69) is 255 Å². The standard InChI is InChI=1S/C70H57N/c1-3-69(4-2)65-43-49(35-40-61(65)63-42-39-57(45-67(63)69)71(55-23-10-6-11-24-55)56-25-12-7-13-26-56)32-31-48-33-36-51(37-34-48)68-58(50-19-8-5-9-20-50)28-18-29-59(68)52-38-41-62-60-27-16-17-30-64(60)70(66(62)44-52)46-53-21-14-15-22-54(53)47-70/h5-33,35-36,38-45H,3-4,34,37,46-47H2,1-2H3/b32-31+. The van der Waals surface area contributed by atoms with Crippen LogP contribution in [0.1, 0.15) is 84.0 Å². The van der Waals surface area contributed by atoms with Crippen molar-refractivity contribution >= 4 is 28.7 Å². The summed E-state index contributed by atoms with van der Waals surface area (Å²) >= 11 is 0. The third-order valence-corrected chi connectivity index (χ3v) is 16.7. The van der Waals surface area contributed by atoms with Gasteiger partial charge in [-0.2, -0.15) is 0 Å². The van der Waals surface area contributed by atoms with E-state index in [1.807, 2.05) is 0 Å². The molecule has 13 rings (SSSR count).